The summed E-state index contributed by atoms with van der Waals surface area (Å²) >= 11 is 13.8. The number of thioether (sulfide) groups is 1. The van der Waals surface area contributed by atoms with Crippen LogP contribution in [0.25, 0.3) is 5.69 Å². The number of aryl methyl sites for hydroxylation is 3. The average molecular weight is 499 g/mol. The molecule has 0 bridgehead atoms. The minimum absolute atomic E-state index is 0.198. The second kappa shape index (κ2) is 9.91. The zero-order valence-electron chi connectivity index (χ0n) is 18.1. The summed E-state index contributed by atoms with van der Waals surface area (Å²) in [5.41, 5.74) is 4.76. The zero-order chi connectivity index (χ0) is 23.5. The summed E-state index contributed by atoms with van der Waals surface area (Å²) in [5.74, 6) is -0.0154. The molecule has 33 heavy (non-hydrogen) atoms. The molecular formula is C23H20Cl2N6OS. The standard InChI is InChI=1S/C23H20Cl2N6OS/c1-13-7-8-18(11-19(13)25)31-20(12-33-23-26-14(2)9-15(3)27-23)21(29-30-31)22(32)28-17-6-4-5-16(24)10-17/h4-11H,12H2,1-3H3,(H,28,32). The molecule has 4 rings (SSSR count). The van der Waals surface area contributed by atoms with Crippen molar-refractivity contribution in [3.05, 3.63) is 86.9 Å². The Bertz CT molecular complexity index is 1320. The molecule has 1 N–H and O–H groups in total. The third-order valence-corrected chi connectivity index (χ3v) is 6.26. The Balaban J connectivity index is 1.70. The van der Waals surface area contributed by atoms with Crippen molar-refractivity contribution in [1.82, 2.24) is 25.0 Å². The highest BCUT2D eigenvalue weighted by molar-refractivity contribution is 7.98. The number of rotatable bonds is 6. The molecule has 168 valence electrons. The monoisotopic (exact) mass is 498 g/mol. The third-order valence-electron chi connectivity index (χ3n) is 4.76. The summed E-state index contributed by atoms with van der Waals surface area (Å²) in [5, 5.41) is 13.0. The normalized spacial score (nSPS) is 10.9. The number of carbonyl (C=O) groups is 1. The predicted molar refractivity (Wildman–Crippen MR) is 132 cm³/mol. The lowest BCUT2D eigenvalue weighted by Gasteiger charge is -2.10. The molecule has 0 atom stereocenters. The van der Waals surface area contributed by atoms with Gasteiger partial charge in [0.1, 0.15) is 0 Å². The largest absolute Gasteiger partial charge is 0.320 e. The van der Waals surface area contributed by atoms with E-state index in [0.717, 1.165) is 17.0 Å². The van der Waals surface area contributed by atoms with E-state index in [9.17, 15) is 4.79 Å². The Kier molecular flexibility index (Phi) is 6.97. The van der Waals surface area contributed by atoms with Crippen LogP contribution in [0.2, 0.25) is 10.0 Å². The molecule has 4 aromatic rings. The molecule has 0 aliphatic heterocycles. The smallest absolute Gasteiger partial charge is 0.278 e. The number of nitrogens with one attached hydrogen (secondary N) is 1. The molecule has 0 aliphatic carbocycles. The number of aromatic nitrogens is 5. The van der Waals surface area contributed by atoms with E-state index in [4.69, 9.17) is 23.2 Å². The Morgan fingerprint density at radius 2 is 1.79 bits per heavy atom. The summed E-state index contributed by atoms with van der Waals surface area (Å²) in [7, 11) is 0. The first-order valence-corrected chi connectivity index (χ1v) is 11.8. The molecule has 10 heteroatoms. The number of anilines is 1. The lowest BCUT2D eigenvalue weighted by atomic mass is 10.2. The topological polar surface area (TPSA) is 85.6 Å². The van der Waals surface area contributed by atoms with Crippen LogP contribution in [-0.4, -0.2) is 30.9 Å². The highest BCUT2D eigenvalue weighted by Gasteiger charge is 2.22. The second-order valence-electron chi connectivity index (χ2n) is 7.42. The third kappa shape index (κ3) is 5.52. The quantitative estimate of drug-likeness (QED) is 0.265. The molecule has 0 unspecified atom stereocenters. The van der Waals surface area contributed by atoms with Gasteiger partial charge in [0.2, 0.25) is 0 Å². The Morgan fingerprint density at radius 3 is 2.48 bits per heavy atom. The van der Waals surface area contributed by atoms with Gasteiger partial charge in [-0.05, 0) is 62.7 Å². The molecular weight excluding hydrogens is 479 g/mol. The molecule has 2 heterocycles. The number of carbonyl (C=O) groups excluding carboxylic acids is 1. The molecule has 7 nitrogen and oxygen atoms in total. The molecule has 0 saturated heterocycles. The minimum atomic E-state index is -0.390. The maximum atomic E-state index is 13.1. The summed E-state index contributed by atoms with van der Waals surface area (Å²) < 4.78 is 1.62. The highest BCUT2D eigenvalue weighted by Crippen LogP contribution is 2.26. The number of halogens is 2. The van der Waals surface area contributed by atoms with Gasteiger partial charge in [0.15, 0.2) is 10.9 Å². The molecule has 2 aromatic heterocycles. The molecule has 2 aromatic carbocycles. The van der Waals surface area contributed by atoms with Gasteiger partial charge >= 0.3 is 0 Å². The van der Waals surface area contributed by atoms with Gasteiger partial charge in [-0.15, -0.1) is 5.10 Å². The highest BCUT2D eigenvalue weighted by atomic mass is 35.5. The summed E-state index contributed by atoms with van der Waals surface area (Å²) in [4.78, 5) is 22.1. The van der Waals surface area contributed by atoms with Crippen LogP contribution in [0.15, 0.2) is 53.7 Å². The lowest BCUT2D eigenvalue weighted by Crippen LogP contribution is -2.15. The van der Waals surface area contributed by atoms with Gasteiger partial charge in [-0.1, -0.05) is 52.3 Å². The first-order valence-electron chi connectivity index (χ1n) is 10.0. The van der Waals surface area contributed by atoms with Crippen LogP contribution in [0.3, 0.4) is 0 Å². The van der Waals surface area contributed by atoms with E-state index in [-0.39, 0.29) is 5.69 Å². The predicted octanol–water partition coefficient (Wildman–Crippen LogP) is 5.83. The summed E-state index contributed by atoms with van der Waals surface area (Å²) in [6.45, 7) is 5.76. The van der Waals surface area contributed by atoms with E-state index in [0.29, 0.717) is 38.0 Å². The molecule has 0 radical (unpaired) electrons. The Labute approximate surface area is 205 Å². The van der Waals surface area contributed by atoms with Crippen LogP contribution in [-0.2, 0) is 5.75 Å². The van der Waals surface area contributed by atoms with Gasteiger partial charge in [0.05, 0.1) is 11.4 Å². The summed E-state index contributed by atoms with van der Waals surface area (Å²) in [6.07, 6.45) is 0. The van der Waals surface area contributed by atoms with Crippen molar-refractivity contribution in [2.45, 2.75) is 31.7 Å². The van der Waals surface area contributed by atoms with E-state index < -0.39 is 5.91 Å². The van der Waals surface area contributed by atoms with Crippen molar-refractivity contribution in [3.63, 3.8) is 0 Å². The maximum Gasteiger partial charge on any atom is 0.278 e. The van der Waals surface area contributed by atoms with E-state index in [2.05, 4.69) is 25.6 Å². The average Bonchev–Trinajstić information content (AvgIpc) is 3.17. The SMILES string of the molecule is Cc1cc(C)nc(SCc2c(C(=O)Nc3cccc(Cl)c3)nnn2-c2ccc(C)c(Cl)c2)n1. The van der Waals surface area contributed by atoms with E-state index in [1.807, 2.05) is 39.0 Å². The van der Waals surface area contributed by atoms with Crippen molar-refractivity contribution >= 4 is 46.6 Å². The number of nitrogens with zero attached hydrogens (tertiary/aromatic N) is 5. The molecule has 0 aliphatic rings. The van der Waals surface area contributed by atoms with Gasteiger partial charge in [-0.3, -0.25) is 4.79 Å². The molecule has 0 saturated carbocycles. The fourth-order valence-corrected chi connectivity index (χ4v) is 4.48. The van der Waals surface area contributed by atoms with E-state index in [1.54, 1.807) is 35.0 Å². The maximum absolute atomic E-state index is 13.1. The van der Waals surface area contributed by atoms with Crippen LogP contribution in [0, 0.1) is 20.8 Å². The van der Waals surface area contributed by atoms with Gasteiger partial charge in [-0.2, -0.15) is 0 Å². The van der Waals surface area contributed by atoms with Gasteiger partial charge < -0.3 is 5.32 Å². The first kappa shape index (κ1) is 23.2. The fourth-order valence-electron chi connectivity index (χ4n) is 3.18. The Morgan fingerprint density at radius 1 is 1.03 bits per heavy atom. The van der Waals surface area contributed by atoms with Gasteiger partial charge in [0, 0.05) is 32.9 Å². The number of amides is 1. The Hall–Kier alpha value is -2.94. The van der Waals surface area contributed by atoms with Crippen molar-refractivity contribution in [3.8, 4) is 5.69 Å². The van der Waals surface area contributed by atoms with Crippen LogP contribution in [0.5, 0.6) is 0 Å². The lowest BCUT2D eigenvalue weighted by molar-refractivity contribution is 0.102. The van der Waals surface area contributed by atoms with Crippen LogP contribution >= 0.6 is 35.0 Å². The van der Waals surface area contributed by atoms with Crippen LogP contribution in [0.4, 0.5) is 5.69 Å². The van der Waals surface area contributed by atoms with Crippen molar-refractivity contribution in [1.29, 1.82) is 0 Å². The van der Waals surface area contributed by atoms with E-state index in [1.165, 1.54) is 11.8 Å². The van der Waals surface area contributed by atoms with Gasteiger partial charge in [-0.25, -0.2) is 14.6 Å². The second-order valence-corrected chi connectivity index (χ2v) is 9.20. The minimum Gasteiger partial charge on any atom is -0.320 e. The van der Waals surface area contributed by atoms with Gasteiger partial charge in [0.25, 0.3) is 5.91 Å². The molecule has 1 amide bonds. The van der Waals surface area contributed by atoms with E-state index >= 15 is 0 Å². The number of hydrogen-bond donors (Lipinski definition) is 1. The number of hydrogen-bond acceptors (Lipinski definition) is 6. The van der Waals surface area contributed by atoms with Crippen molar-refractivity contribution in [2.75, 3.05) is 5.32 Å². The zero-order valence-corrected chi connectivity index (χ0v) is 20.5. The summed E-state index contributed by atoms with van der Waals surface area (Å²) in [6, 6.07) is 14.4. The fraction of sp³-hybridized carbons (Fsp3) is 0.174. The molecule has 0 fully saturated rings. The van der Waals surface area contributed by atoms with Crippen molar-refractivity contribution in [2.24, 2.45) is 0 Å². The number of benzene rings is 2. The molecule has 0 spiro atoms. The first-order chi connectivity index (χ1) is 15.8. The van der Waals surface area contributed by atoms with Crippen molar-refractivity contribution < 1.29 is 4.79 Å². The van der Waals surface area contributed by atoms with Crippen LogP contribution < -0.4 is 5.32 Å². The van der Waals surface area contributed by atoms with Crippen LogP contribution in [0.1, 0.15) is 33.1 Å².